The molecule has 7 nitrogen and oxygen atoms in total. The van der Waals surface area contributed by atoms with Crippen molar-refractivity contribution in [3.8, 4) is 5.75 Å². The average Bonchev–Trinajstić information content (AvgIpc) is 2.78. The summed E-state index contributed by atoms with van der Waals surface area (Å²) >= 11 is 0. The molecular weight excluding hydrogens is 394 g/mol. The minimum atomic E-state index is -2.25. The van der Waals surface area contributed by atoms with Crippen LogP contribution in [0.25, 0.3) is 0 Å². The van der Waals surface area contributed by atoms with E-state index in [2.05, 4.69) is 10.6 Å². The minimum Gasteiger partial charge on any atom is -0.497 e. The molecule has 0 radical (unpaired) electrons. The number of amides is 3. The van der Waals surface area contributed by atoms with Crippen molar-refractivity contribution in [2.45, 2.75) is 19.2 Å². The zero-order valence-corrected chi connectivity index (χ0v) is 17.3. The van der Waals surface area contributed by atoms with Crippen LogP contribution in [-0.4, -0.2) is 24.2 Å². The third-order valence-electron chi connectivity index (χ3n) is 5.27. The monoisotopic (exact) mass is 417 g/mol. The first-order valence-electron chi connectivity index (χ1n) is 9.84. The van der Waals surface area contributed by atoms with Crippen LogP contribution in [0.15, 0.2) is 72.8 Å². The number of hydrogen-bond acceptors (Lipinski definition) is 4. The molecular formula is C24H23N3O4. The fourth-order valence-corrected chi connectivity index (χ4v) is 3.62. The molecule has 158 valence electrons. The third kappa shape index (κ3) is 3.71. The quantitative estimate of drug-likeness (QED) is 0.592. The topological polar surface area (TPSA) is 90.9 Å². The maximum atomic E-state index is 13.4. The number of nitrogens with one attached hydrogen (secondary N) is 2. The van der Waals surface area contributed by atoms with E-state index in [9.17, 15) is 14.7 Å². The first-order valence-corrected chi connectivity index (χ1v) is 9.84. The molecule has 3 N–H and O–H groups in total. The molecule has 1 heterocycles. The molecule has 0 saturated heterocycles. The van der Waals surface area contributed by atoms with Crippen molar-refractivity contribution in [3.63, 3.8) is 0 Å². The van der Waals surface area contributed by atoms with E-state index in [1.165, 1.54) is 7.11 Å². The fraction of sp³-hybridized carbons (Fsp3) is 0.167. The van der Waals surface area contributed by atoms with Gasteiger partial charge in [-0.2, -0.15) is 0 Å². The number of ether oxygens (including phenoxy) is 1. The molecule has 0 aliphatic carbocycles. The van der Waals surface area contributed by atoms with Crippen LogP contribution in [0.5, 0.6) is 5.75 Å². The van der Waals surface area contributed by atoms with Gasteiger partial charge >= 0.3 is 6.03 Å². The van der Waals surface area contributed by atoms with Crippen molar-refractivity contribution in [2.75, 3.05) is 17.3 Å². The van der Waals surface area contributed by atoms with Gasteiger partial charge in [0.05, 0.1) is 18.5 Å². The van der Waals surface area contributed by atoms with Crippen LogP contribution in [0.3, 0.4) is 0 Å². The van der Waals surface area contributed by atoms with Crippen LogP contribution in [-0.2, 0) is 17.1 Å². The second-order valence-electron chi connectivity index (χ2n) is 7.35. The molecule has 0 aromatic heterocycles. The highest BCUT2D eigenvalue weighted by Gasteiger charge is 2.51. The highest BCUT2D eigenvalue weighted by molar-refractivity contribution is 6.11. The Labute approximate surface area is 180 Å². The molecule has 4 rings (SSSR count). The summed E-state index contributed by atoms with van der Waals surface area (Å²) in [7, 11) is 1.51. The normalized spacial score (nSPS) is 17.5. The molecule has 0 saturated carbocycles. The van der Waals surface area contributed by atoms with E-state index in [1.807, 2.05) is 31.2 Å². The Balaban J connectivity index is 1.75. The Bertz CT molecular complexity index is 1130. The number of aryl methyl sites for hydroxylation is 1. The Morgan fingerprint density at radius 2 is 1.84 bits per heavy atom. The lowest BCUT2D eigenvalue weighted by atomic mass is 9.94. The summed E-state index contributed by atoms with van der Waals surface area (Å²) in [5, 5.41) is 17.3. The summed E-state index contributed by atoms with van der Waals surface area (Å²) in [4.78, 5) is 27.5. The number of para-hydroxylation sites is 1. The second kappa shape index (κ2) is 8.12. The van der Waals surface area contributed by atoms with Crippen molar-refractivity contribution in [2.24, 2.45) is 0 Å². The number of aliphatic hydroxyl groups is 1. The number of anilines is 2. The highest BCUT2D eigenvalue weighted by Crippen LogP contribution is 2.40. The third-order valence-corrected chi connectivity index (χ3v) is 5.27. The maximum absolute atomic E-state index is 13.4. The first kappa shape index (κ1) is 20.4. The molecule has 1 aliphatic heterocycles. The minimum absolute atomic E-state index is 0.206. The number of methoxy groups -OCH3 is 1. The molecule has 1 unspecified atom stereocenters. The van der Waals surface area contributed by atoms with Crippen molar-refractivity contribution in [1.82, 2.24) is 5.32 Å². The lowest BCUT2D eigenvalue weighted by Crippen LogP contribution is -2.62. The molecule has 3 aromatic rings. The summed E-state index contributed by atoms with van der Waals surface area (Å²) in [6.45, 7) is 2.19. The lowest BCUT2D eigenvalue weighted by molar-refractivity contribution is -0.140. The van der Waals surface area contributed by atoms with Gasteiger partial charge in [-0.05, 0) is 30.7 Å². The smallest absolute Gasteiger partial charge is 0.329 e. The van der Waals surface area contributed by atoms with Gasteiger partial charge in [0.15, 0.2) is 0 Å². The van der Waals surface area contributed by atoms with Gasteiger partial charge < -0.3 is 20.5 Å². The number of fused-ring (bicyclic) bond motifs is 1. The summed E-state index contributed by atoms with van der Waals surface area (Å²) in [6.07, 6.45) is 0. The van der Waals surface area contributed by atoms with Gasteiger partial charge in [-0.15, -0.1) is 0 Å². The first-order chi connectivity index (χ1) is 14.9. The van der Waals surface area contributed by atoms with Crippen LogP contribution >= 0.6 is 0 Å². The number of benzene rings is 3. The second-order valence-corrected chi connectivity index (χ2v) is 7.35. The number of hydrogen-bond donors (Lipinski definition) is 3. The van der Waals surface area contributed by atoms with E-state index < -0.39 is 17.7 Å². The van der Waals surface area contributed by atoms with Gasteiger partial charge in [0.1, 0.15) is 5.75 Å². The van der Waals surface area contributed by atoms with E-state index in [0.29, 0.717) is 17.1 Å². The van der Waals surface area contributed by atoms with Crippen LogP contribution in [0, 0.1) is 6.92 Å². The number of nitrogens with zero attached hydrogens (tertiary/aromatic N) is 1. The van der Waals surface area contributed by atoms with Crippen molar-refractivity contribution in [1.29, 1.82) is 0 Å². The molecule has 0 fully saturated rings. The van der Waals surface area contributed by atoms with Crippen LogP contribution in [0.2, 0.25) is 0 Å². The Morgan fingerprint density at radius 3 is 2.58 bits per heavy atom. The van der Waals surface area contributed by atoms with Gasteiger partial charge in [-0.3, -0.25) is 9.69 Å². The van der Waals surface area contributed by atoms with Gasteiger partial charge in [-0.1, -0.05) is 54.1 Å². The summed E-state index contributed by atoms with van der Waals surface area (Å²) in [5.41, 5.74) is 0.702. The Morgan fingerprint density at radius 1 is 1.10 bits per heavy atom. The van der Waals surface area contributed by atoms with E-state index in [1.54, 1.807) is 48.5 Å². The summed E-state index contributed by atoms with van der Waals surface area (Å²) < 4.78 is 5.25. The highest BCUT2D eigenvalue weighted by atomic mass is 16.5. The molecule has 7 heteroatoms. The van der Waals surface area contributed by atoms with E-state index in [0.717, 1.165) is 16.0 Å². The number of urea groups is 1. The predicted molar refractivity (Wildman–Crippen MR) is 118 cm³/mol. The fourth-order valence-electron chi connectivity index (χ4n) is 3.62. The number of carbonyl (C=O) groups excluding carboxylic acids is 2. The molecule has 31 heavy (non-hydrogen) atoms. The summed E-state index contributed by atoms with van der Waals surface area (Å²) in [6, 6.07) is 20.4. The van der Waals surface area contributed by atoms with Crippen LogP contribution in [0.4, 0.5) is 16.2 Å². The van der Waals surface area contributed by atoms with Crippen LogP contribution in [0.1, 0.15) is 16.7 Å². The summed E-state index contributed by atoms with van der Waals surface area (Å²) in [5.74, 6) is -0.218. The predicted octanol–water partition coefficient (Wildman–Crippen LogP) is 3.52. The van der Waals surface area contributed by atoms with Crippen molar-refractivity contribution >= 4 is 23.3 Å². The molecule has 0 spiro atoms. The van der Waals surface area contributed by atoms with Crippen LogP contribution < -0.4 is 20.3 Å². The Kier molecular flexibility index (Phi) is 5.35. The van der Waals surface area contributed by atoms with E-state index in [4.69, 9.17) is 4.74 Å². The largest absolute Gasteiger partial charge is 0.497 e. The lowest BCUT2D eigenvalue weighted by Gasteiger charge is -2.42. The zero-order valence-electron chi connectivity index (χ0n) is 17.3. The molecule has 3 amide bonds. The van der Waals surface area contributed by atoms with Gasteiger partial charge in [0.2, 0.25) is 0 Å². The van der Waals surface area contributed by atoms with Crippen molar-refractivity contribution in [3.05, 3.63) is 89.5 Å². The molecule has 0 bridgehead atoms. The van der Waals surface area contributed by atoms with Gasteiger partial charge in [0, 0.05) is 18.2 Å². The van der Waals surface area contributed by atoms with Crippen molar-refractivity contribution < 1.29 is 19.4 Å². The standard InChI is InChI=1S/C24H23N3O4/c1-16-10-12-17(13-11-16)15-25-22(28)24(30)20-8-3-4-9-21(20)26-23(29)27(24)18-6-5-7-19(14-18)31-2/h3-14,30H,15H2,1-2H3,(H,25,28)(H,26,29). The maximum Gasteiger partial charge on any atom is 0.329 e. The molecule has 1 aliphatic rings. The molecule has 1 atom stereocenters. The van der Waals surface area contributed by atoms with E-state index >= 15 is 0 Å². The SMILES string of the molecule is COc1cccc(N2C(=O)Nc3ccccc3C2(O)C(=O)NCc2ccc(C)cc2)c1. The number of carbonyl (C=O) groups is 2. The van der Waals surface area contributed by atoms with E-state index in [-0.39, 0.29) is 12.1 Å². The molecule has 3 aromatic carbocycles. The number of rotatable bonds is 5. The average molecular weight is 417 g/mol. The van der Waals surface area contributed by atoms with Gasteiger partial charge in [0.25, 0.3) is 11.6 Å². The Hall–Kier alpha value is -3.84. The van der Waals surface area contributed by atoms with Gasteiger partial charge in [-0.25, -0.2) is 4.79 Å². The zero-order chi connectivity index (χ0) is 22.0.